The summed E-state index contributed by atoms with van der Waals surface area (Å²) in [5.74, 6) is 0.702. The lowest BCUT2D eigenvalue weighted by Crippen LogP contribution is -2.49. The van der Waals surface area contributed by atoms with Crippen LogP contribution in [0.5, 0.6) is 0 Å². The number of amides is 3. The molecule has 1 saturated carbocycles. The van der Waals surface area contributed by atoms with Crippen LogP contribution in [0.15, 0.2) is 6.07 Å². The molecule has 1 atom stereocenters. The molecule has 1 saturated heterocycles. The molecule has 7 heteroatoms. The third-order valence-electron chi connectivity index (χ3n) is 5.21. The average Bonchev–Trinajstić information content (AvgIpc) is 3.39. The molecule has 3 amide bonds. The molecule has 0 radical (unpaired) electrons. The topological polar surface area (TPSA) is 81.3 Å². The maximum atomic E-state index is 12.5. The average molecular weight is 347 g/mol. The normalized spacial score (nSPS) is 20.4. The van der Waals surface area contributed by atoms with Crippen molar-refractivity contribution in [2.45, 2.75) is 52.0 Å². The van der Waals surface area contributed by atoms with E-state index >= 15 is 0 Å². The van der Waals surface area contributed by atoms with Crippen molar-refractivity contribution in [1.29, 1.82) is 0 Å². The Balaban J connectivity index is 1.49. The number of nitrogens with zero attached hydrogens (tertiary/aromatic N) is 3. The molecule has 1 unspecified atom stereocenters. The lowest BCUT2D eigenvalue weighted by atomic mass is 9.96. The molecule has 2 N–H and O–H groups in total. The molecular formula is C18H29N5O2. The van der Waals surface area contributed by atoms with E-state index in [1.165, 1.54) is 12.8 Å². The van der Waals surface area contributed by atoms with Gasteiger partial charge in [0, 0.05) is 32.1 Å². The predicted molar refractivity (Wildman–Crippen MR) is 95.0 cm³/mol. The van der Waals surface area contributed by atoms with Gasteiger partial charge in [-0.25, -0.2) is 4.79 Å². The van der Waals surface area contributed by atoms with Crippen LogP contribution in [-0.4, -0.2) is 58.1 Å². The Hall–Kier alpha value is -2.05. The molecule has 1 aromatic rings. The van der Waals surface area contributed by atoms with E-state index in [0.29, 0.717) is 25.6 Å². The van der Waals surface area contributed by atoms with Crippen LogP contribution in [-0.2, 0) is 11.3 Å². The molecule has 1 aliphatic heterocycles. The van der Waals surface area contributed by atoms with Gasteiger partial charge in [0.1, 0.15) is 0 Å². The summed E-state index contributed by atoms with van der Waals surface area (Å²) in [6.07, 6.45) is 4.17. The first-order valence-corrected chi connectivity index (χ1v) is 9.48. The summed E-state index contributed by atoms with van der Waals surface area (Å²) >= 11 is 0. The van der Waals surface area contributed by atoms with Crippen LogP contribution in [0.3, 0.4) is 0 Å². The fourth-order valence-electron chi connectivity index (χ4n) is 3.50. The number of piperidine rings is 1. The van der Waals surface area contributed by atoms with E-state index in [1.807, 2.05) is 24.8 Å². The van der Waals surface area contributed by atoms with E-state index in [-0.39, 0.29) is 17.9 Å². The molecule has 2 aliphatic rings. The minimum atomic E-state index is -0.0976. The summed E-state index contributed by atoms with van der Waals surface area (Å²) in [5, 5.41) is 10.2. The molecule has 0 bridgehead atoms. The van der Waals surface area contributed by atoms with E-state index in [2.05, 4.69) is 15.5 Å². The quantitative estimate of drug-likeness (QED) is 0.827. The maximum absolute atomic E-state index is 12.5. The van der Waals surface area contributed by atoms with Crippen LogP contribution >= 0.6 is 0 Å². The van der Waals surface area contributed by atoms with Gasteiger partial charge in [0.2, 0.25) is 5.91 Å². The van der Waals surface area contributed by atoms with Gasteiger partial charge in [-0.3, -0.25) is 9.89 Å². The third-order valence-corrected chi connectivity index (χ3v) is 5.21. The number of carbonyl (C=O) groups is 2. The molecule has 25 heavy (non-hydrogen) atoms. The largest absolute Gasteiger partial charge is 0.343 e. The SMILES string of the molecule is CCN(CC)C(=O)C1CCCN(C(=O)NCc2cc(C3CC3)n[nH]2)C1. The molecular weight excluding hydrogens is 318 g/mol. The Kier molecular flexibility index (Phi) is 5.60. The van der Waals surface area contributed by atoms with E-state index in [9.17, 15) is 9.59 Å². The number of urea groups is 1. The molecule has 2 heterocycles. The number of aromatic nitrogens is 2. The Morgan fingerprint density at radius 3 is 2.76 bits per heavy atom. The smallest absolute Gasteiger partial charge is 0.317 e. The lowest BCUT2D eigenvalue weighted by Gasteiger charge is -2.34. The summed E-state index contributed by atoms with van der Waals surface area (Å²) in [7, 11) is 0. The first-order valence-electron chi connectivity index (χ1n) is 9.48. The van der Waals surface area contributed by atoms with Crippen molar-refractivity contribution < 1.29 is 9.59 Å². The van der Waals surface area contributed by atoms with Crippen molar-refractivity contribution in [1.82, 2.24) is 25.3 Å². The molecule has 0 aromatic carbocycles. The molecule has 138 valence electrons. The lowest BCUT2D eigenvalue weighted by molar-refractivity contribution is -0.136. The van der Waals surface area contributed by atoms with Crippen molar-refractivity contribution in [2.75, 3.05) is 26.2 Å². The number of likely N-dealkylation sites (tertiary alicyclic amines) is 1. The van der Waals surface area contributed by atoms with Crippen molar-refractivity contribution in [3.8, 4) is 0 Å². The number of H-pyrrole nitrogens is 1. The highest BCUT2D eigenvalue weighted by molar-refractivity contribution is 5.81. The highest BCUT2D eigenvalue weighted by Gasteiger charge is 2.30. The molecule has 7 nitrogen and oxygen atoms in total. The monoisotopic (exact) mass is 347 g/mol. The number of nitrogens with one attached hydrogen (secondary N) is 2. The Morgan fingerprint density at radius 2 is 2.08 bits per heavy atom. The summed E-state index contributed by atoms with van der Waals surface area (Å²) in [6, 6.07) is 1.94. The van der Waals surface area contributed by atoms with Crippen LogP contribution in [0.1, 0.15) is 56.8 Å². The van der Waals surface area contributed by atoms with Gasteiger partial charge in [-0.1, -0.05) is 0 Å². The van der Waals surface area contributed by atoms with Crippen molar-refractivity contribution in [2.24, 2.45) is 5.92 Å². The number of hydrogen-bond acceptors (Lipinski definition) is 3. The zero-order valence-electron chi connectivity index (χ0n) is 15.3. The van der Waals surface area contributed by atoms with Gasteiger partial charge in [-0.15, -0.1) is 0 Å². The molecule has 0 spiro atoms. The van der Waals surface area contributed by atoms with Crippen LogP contribution < -0.4 is 5.32 Å². The van der Waals surface area contributed by atoms with Crippen molar-refractivity contribution in [3.63, 3.8) is 0 Å². The zero-order chi connectivity index (χ0) is 17.8. The Morgan fingerprint density at radius 1 is 1.32 bits per heavy atom. The summed E-state index contributed by atoms with van der Waals surface area (Å²) in [6.45, 7) is 7.11. The number of carbonyl (C=O) groups excluding carboxylic acids is 2. The first-order chi connectivity index (χ1) is 12.1. The van der Waals surface area contributed by atoms with E-state index in [4.69, 9.17) is 0 Å². The van der Waals surface area contributed by atoms with E-state index < -0.39 is 0 Å². The number of aromatic amines is 1. The minimum absolute atomic E-state index is 0.0759. The fourth-order valence-corrected chi connectivity index (χ4v) is 3.50. The molecule has 3 rings (SSSR count). The molecule has 2 fully saturated rings. The highest BCUT2D eigenvalue weighted by Crippen LogP contribution is 2.38. The van der Waals surface area contributed by atoms with Gasteiger partial charge in [-0.05, 0) is 45.6 Å². The van der Waals surface area contributed by atoms with Crippen LogP contribution in [0, 0.1) is 5.92 Å². The van der Waals surface area contributed by atoms with Gasteiger partial charge < -0.3 is 15.1 Å². The Labute approximate surface area is 149 Å². The van der Waals surface area contributed by atoms with Crippen molar-refractivity contribution in [3.05, 3.63) is 17.5 Å². The molecule has 1 aromatic heterocycles. The zero-order valence-corrected chi connectivity index (χ0v) is 15.3. The standard InChI is InChI=1S/C18H29N5O2/c1-3-22(4-2)17(24)14-6-5-9-23(12-14)18(25)19-11-15-10-16(21-20-15)13-7-8-13/h10,13-14H,3-9,11-12H2,1-2H3,(H,19,25)(H,20,21). The third kappa shape index (κ3) is 4.32. The van der Waals surface area contributed by atoms with Gasteiger partial charge in [0.25, 0.3) is 0 Å². The van der Waals surface area contributed by atoms with E-state index in [1.54, 1.807) is 4.90 Å². The van der Waals surface area contributed by atoms with E-state index in [0.717, 1.165) is 37.3 Å². The summed E-state index contributed by atoms with van der Waals surface area (Å²) < 4.78 is 0. The maximum Gasteiger partial charge on any atom is 0.317 e. The second-order valence-corrected chi connectivity index (χ2v) is 7.05. The minimum Gasteiger partial charge on any atom is -0.343 e. The van der Waals surface area contributed by atoms with Crippen LogP contribution in [0.2, 0.25) is 0 Å². The second-order valence-electron chi connectivity index (χ2n) is 7.05. The Bertz CT molecular complexity index is 606. The van der Waals surface area contributed by atoms with Gasteiger partial charge >= 0.3 is 6.03 Å². The van der Waals surface area contributed by atoms with Gasteiger partial charge in [0.05, 0.1) is 23.9 Å². The molecule has 1 aliphatic carbocycles. The predicted octanol–water partition coefficient (Wildman–Crippen LogP) is 2.08. The van der Waals surface area contributed by atoms with Crippen LogP contribution in [0.4, 0.5) is 4.79 Å². The van der Waals surface area contributed by atoms with Gasteiger partial charge in [0.15, 0.2) is 0 Å². The second kappa shape index (κ2) is 7.89. The number of rotatable bonds is 6. The fraction of sp³-hybridized carbons (Fsp3) is 0.722. The number of hydrogen-bond donors (Lipinski definition) is 2. The summed E-state index contributed by atoms with van der Waals surface area (Å²) in [4.78, 5) is 28.6. The first kappa shape index (κ1) is 17.8. The van der Waals surface area contributed by atoms with Crippen molar-refractivity contribution >= 4 is 11.9 Å². The van der Waals surface area contributed by atoms with Gasteiger partial charge in [-0.2, -0.15) is 5.10 Å². The highest BCUT2D eigenvalue weighted by atomic mass is 16.2. The van der Waals surface area contributed by atoms with Crippen LogP contribution in [0.25, 0.3) is 0 Å². The summed E-state index contributed by atoms with van der Waals surface area (Å²) in [5.41, 5.74) is 2.04.